The normalized spacial score (nSPS) is 22.2. The molecular weight excluding hydrogens is 246 g/mol. The summed E-state index contributed by atoms with van der Waals surface area (Å²) in [5, 5.41) is 16.8. The molecule has 1 aromatic rings. The van der Waals surface area contributed by atoms with E-state index in [0.29, 0.717) is 5.56 Å². The highest BCUT2D eigenvalue weighted by molar-refractivity contribution is 5.86. The van der Waals surface area contributed by atoms with Crippen LogP contribution in [-0.4, -0.2) is 22.9 Å². The maximum Gasteiger partial charge on any atom is 0.274 e. The summed E-state index contributed by atoms with van der Waals surface area (Å²) < 4.78 is 0. The molecule has 2 N–H and O–H groups in total. The largest absolute Gasteiger partial charge is 0.350 e. The summed E-state index contributed by atoms with van der Waals surface area (Å²) in [5.74, 6) is -0.108. The fourth-order valence-corrected chi connectivity index (χ4v) is 2.30. The van der Waals surface area contributed by atoms with Crippen molar-refractivity contribution in [3.8, 4) is 0 Å². The molecule has 19 heavy (non-hydrogen) atoms. The van der Waals surface area contributed by atoms with Crippen molar-refractivity contribution in [2.45, 2.75) is 31.8 Å². The van der Waals surface area contributed by atoms with E-state index in [4.69, 9.17) is 0 Å². The van der Waals surface area contributed by atoms with Gasteiger partial charge in [-0.3, -0.25) is 14.9 Å². The van der Waals surface area contributed by atoms with Crippen LogP contribution in [0.25, 0.3) is 0 Å². The van der Waals surface area contributed by atoms with Crippen molar-refractivity contribution in [2.75, 3.05) is 6.54 Å². The van der Waals surface area contributed by atoms with Crippen molar-refractivity contribution in [3.63, 3.8) is 0 Å². The summed E-state index contributed by atoms with van der Waals surface area (Å²) in [6.45, 7) is 2.86. The van der Waals surface area contributed by atoms with Gasteiger partial charge in [0.15, 0.2) is 0 Å². The van der Waals surface area contributed by atoms with E-state index in [1.165, 1.54) is 6.07 Å². The maximum atomic E-state index is 12.1. The first-order valence-electron chi connectivity index (χ1n) is 6.28. The number of para-hydroxylation sites is 1. The predicted octanol–water partition coefficient (Wildman–Crippen LogP) is 1.35. The van der Waals surface area contributed by atoms with E-state index in [0.717, 1.165) is 19.4 Å². The molecule has 0 spiro atoms. The molecular formula is C13H17N3O3. The second-order valence-corrected chi connectivity index (χ2v) is 4.93. The Morgan fingerprint density at radius 3 is 2.89 bits per heavy atom. The Balaban J connectivity index is 2.03. The Hall–Kier alpha value is -1.95. The van der Waals surface area contributed by atoms with Gasteiger partial charge in [0.25, 0.3) is 5.69 Å². The Morgan fingerprint density at radius 2 is 2.26 bits per heavy atom. The number of hydrogen-bond acceptors (Lipinski definition) is 4. The lowest BCUT2D eigenvalue weighted by molar-refractivity contribution is -0.385. The van der Waals surface area contributed by atoms with Gasteiger partial charge in [0.05, 0.1) is 10.5 Å². The van der Waals surface area contributed by atoms with E-state index in [2.05, 4.69) is 10.6 Å². The van der Waals surface area contributed by atoms with Crippen LogP contribution < -0.4 is 10.6 Å². The number of carbonyl (C=O) groups excluding carboxylic acids is 1. The van der Waals surface area contributed by atoms with Crippen LogP contribution in [0.4, 0.5) is 5.69 Å². The number of nitro groups is 1. The van der Waals surface area contributed by atoms with E-state index in [-0.39, 0.29) is 18.1 Å². The lowest BCUT2D eigenvalue weighted by Crippen LogP contribution is -2.50. The zero-order valence-electron chi connectivity index (χ0n) is 10.8. The highest BCUT2D eigenvalue weighted by atomic mass is 16.6. The van der Waals surface area contributed by atoms with Gasteiger partial charge in [0.1, 0.15) is 0 Å². The molecule has 1 fully saturated rings. The van der Waals surface area contributed by atoms with Crippen LogP contribution in [-0.2, 0) is 11.3 Å². The number of benzene rings is 1. The van der Waals surface area contributed by atoms with Crippen molar-refractivity contribution in [2.24, 2.45) is 0 Å². The molecule has 1 aliphatic rings. The smallest absolute Gasteiger partial charge is 0.274 e. The molecule has 6 nitrogen and oxygen atoms in total. The van der Waals surface area contributed by atoms with Gasteiger partial charge in [-0.15, -0.1) is 0 Å². The van der Waals surface area contributed by atoms with Crippen molar-refractivity contribution < 1.29 is 9.72 Å². The number of amides is 1. The van der Waals surface area contributed by atoms with Crippen molar-refractivity contribution in [1.82, 2.24) is 10.6 Å². The highest BCUT2D eigenvalue weighted by Crippen LogP contribution is 2.20. The van der Waals surface area contributed by atoms with E-state index in [9.17, 15) is 14.9 Å². The standard InChI is InChI=1S/C13H17N3O3/c1-13(7-4-8-15-13)12(17)14-9-10-5-2-3-6-11(10)16(18)19/h2-3,5-6,15H,4,7-9H2,1H3,(H,14,17). The number of hydrogen-bond donors (Lipinski definition) is 2. The molecule has 1 aromatic carbocycles. The first-order valence-corrected chi connectivity index (χ1v) is 6.28. The number of carbonyl (C=O) groups is 1. The zero-order chi connectivity index (χ0) is 13.9. The maximum absolute atomic E-state index is 12.1. The Morgan fingerprint density at radius 1 is 1.53 bits per heavy atom. The van der Waals surface area contributed by atoms with E-state index in [1.807, 2.05) is 6.92 Å². The summed E-state index contributed by atoms with van der Waals surface area (Å²) in [7, 11) is 0. The highest BCUT2D eigenvalue weighted by Gasteiger charge is 2.35. The fourth-order valence-electron chi connectivity index (χ4n) is 2.30. The average Bonchev–Trinajstić information content (AvgIpc) is 2.84. The molecule has 1 aliphatic heterocycles. The second kappa shape index (κ2) is 5.36. The summed E-state index contributed by atoms with van der Waals surface area (Å²) in [6, 6.07) is 6.44. The third kappa shape index (κ3) is 2.90. The molecule has 1 heterocycles. The topological polar surface area (TPSA) is 84.3 Å². The Kier molecular flexibility index (Phi) is 3.80. The van der Waals surface area contributed by atoms with E-state index in [1.54, 1.807) is 18.2 Å². The first kappa shape index (κ1) is 13.5. The molecule has 6 heteroatoms. The molecule has 1 atom stereocenters. The lowest BCUT2D eigenvalue weighted by atomic mass is 9.99. The summed E-state index contributed by atoms with van der Waals surface area (Å²) in [4.78, 5) is 22.5. The monoisotopic (exact) mass is 263 g/mol. The molecule has 102 valence electrons. The molecule has 0 radical (unpaired) electrons. The third-order valence-corrected chi connectivity index (χ3v) is 3.50. The SMILES string of the molecule is CC1(C(=O)NCc2ccccc2[N+](=O)[O-])CCCN1. The van der Waals surface area contributed by atoms with Gasteiger partial charge in [-0.1, -0.05) is 18.2 Å². The Labute approximate surface area is 111 Å². The Bertz CT molecular complexity index is 496. The first-order chi connectivity index (χ1) is 9.03. The van der Waals surface area contributed by atoms with E-state index >= 15 is 0 Å². The molecule has 0 saturated carbocycles. The van der Waals surface area contributed by atoms with Gasteiger partial charge in [0, 0.05) is 18.2 Å². The van der Waals surface area contributed by atoms with Crippen LogP contribution in [0.2, 0.25) is 0 Å². The summed E-state index contributed by atoms with van der Waals surface area (Å²) in [6.07, 6.45) is 1.76. The van der Waals surface area contributed by atoms with Gasteiger partial charge < -0.3 is 10.6 Å². The summed E-state index contributed by atoms with van der Waals surface area (Å²) >= 11 is 0. The van der Waals surface area contributed by atoms with Gasteiger partial charge in [0.2, 0.25) is 5.91 Å². The minimum Gasteiger partial charge on any atom is -0.350 e. The predicted molar refractivity (Wildman–Crippen MR) is 70.6 cm³/mol. The lowest BCUT2D eigenvalue weighted by Gasteiger charge is -2.22. The van der Waals surface area contributed by atoms with Crippen LogP contribution >= 0.6 is 0 Å². The molecule has 1 unspecified atom stereocenters. The molecule has 1 amide bonds. The van der Waals surface area contributed by atoms with Gasteiger partial charge in [-0.2, -0.15) is 0 Å². The van der Waals surface area contributed by atoms with Crippen LogP contribution in [0.15, 0.2) is 24.3 Å². The van der Waals surface area contributed by atoms with E-state index < -0.39 is 10.5 Å². The van der Waals surface area contributed by atoms with Crippen molar-refractivity contribution in [1.29, 1.82) is 0 Å². The molecule has 2 rings (SSSR count). The second-order valence-electron chi connectivity index (χ2n) is 4.93. The molecule has 1 saturated heterocycles. The molecule has 0 aliphatic carbocycles. The van der Waals surface area contributed by atoms with Gasteiger partial charge >= 0.3 is 0 Å². The minimum atomic E-state index is -0.552. The molecule has 0 aromatic heterocycles. The average molecular weight is 263 g/mol. The van der Waals surface area contributed by atoms with Crippen molar-refractivity contribution >= 4 is 11.6 Å². The third-order valence-electron chi connectivity index (χ3n) is 3.50. The van der Waals surface area contributed by atoms with Crippen LogP contribution in [0.3, 0.4) is 0 Å². The van der Waals surface area contributed by atoms with Crippen LogP contribution in [0.1, 0.15) is 25.3 Å². The number of nitro benzene ring substituents is 1. The number of nitrogens with one attached hydrogen (secondary N) is 2. The minimum absolute atomic E-state index is 0.0346. The number of rotatable bonds is 4. The van der Waals surface area contributed by atoms with Crippen molar-refractivity contribution in [3.05, 3.63) is 39.9 Å². The summed E-state index contributed by atoms with van der Waals surface area (Å²) in [5.41, 5.74) is -0.00130. The molecule has 0 bridgehead atoms. The number of nitrogens with zero attached hydrogens (tertiary/aromatic N) is 1. The van der Waals surface area contributed by atoms with Gasteiger partial charge in [-0.05, 0) is 26.3 Å². The van der Waals surface area contributed by atoms with Crippen LogP contribution in [0, 0.1) is 10.1 Å². The fraction of sp³-hybridized carbons (Fsp3) is 0.462. The zero-order valence-corrected chi connectivity index (χ0v) is 10.8. The van der Waals surface area contributed by atoms with Gasteiger partial charge in [-0.25, -0.2) is 0 Å². The quantitative estimate of drug-likeness (QED) is 0.634. The van der Waals surface area contributed by atoms with Crippen LogP contribution in [0.5, 0.6) is 0 Å².